The number of carbonyl (C=O) groups excluding carboxylic acids is 2. The normalized spacial score (nSPS) is 24.9. The highest BCUT2D eigenvalue weighted by molar-refractivity contribution is 6.01. The minimum absolute atomic E-state index is 0.0152. The lowest BCUT2D eigenvalue weighted by atomic mass is 10.1. The average molecular weight is 276 g/mol. The van der Waals surface area contributed by atoms with Gasteiger partial charge >= 0.3 is 6.09 Å². The van der Waals surface area contributed by atoms with Crippen molar-refractivity contribution in [1.29, 1.82) is 0 Å². The summed E-state index contributed by atoms with van der Waals surface area (Å²) < 4.78 is 0. The minimum Gasteiger partial charge on any atom is -0.463 e. The van der Waals surface area contributed by atoms with E-state index < -0.39 is 18.2 Å². The van der Waals surface area contributed by atoms with Gasteiger partial charge in [-0.1, -0.05) is 18.2 Å². The smallest absolute Gasteiger partial charge is 0.432 e. The minimum atomic E-state index is -1.32. The molecule has 0 radical (unpaired) electrons. The summed E-state index contributed by atoms with van der Waals surface area (Å²) in [6.45, 7) is -0.0719. The number of rotatable bonds is 1. The molecule has 2 amide bonds. The maximum atomic E-state index is 12.4. The third kappa shape index (κ3) is 1.83. The lowest BCUT2D eigenvalue weighted by Gasteiger charge is -2.21. The Hall–Kier alpha value is -2.41. The maximum Gasteiger partial charge on any atom is 0.432 e. The molecule has 104 valence electrons. The van der Waals surface area contributed by atoms with Crippen LogP contribution in [0.1, 0.15) is 10.4 Å². The maximum absolute atomic E-state index is 12.4. The van der Waals surface area contributed by atoms with Crippen molar-refractivity contribution in [3.63, 3.8) is 0 Å². The fourth-order valence-electron chi connectivity index (χ4n) is 2.61. The number of Topliss-reactive ketones (excluding diaryl/α,β-unsaturated/α-hetero) is 1. The van der Waals surface area contributed by atoms with E-state index in [1.165, 1.54) is 4.90 Å². The summed E-state index contributed by atoms with van der Waals surface area (Å²) in [5.41, 5.74) is 0.467. The molecule has 2 fully saturated rings. The number of carbonyl (C=O) groups is 3. The monoisotopic (exact) mass is 276 g/mol. The van der Waals surface area contributed by atoms with E-state index in [0.29, 0.717) is 10.6 Å². The zero-order valence-electron chi connectivity index (χ0n) is 10.4. The number of hydroxylamine groups is 2. The molecule has 2 saturated heterocycles. The number of nitrogens with zero attached hydrogens (tertiary/aromatic N) is 2. The lowest BCUT2D eigenvalue weighted by molar-refractivity contribution is -0.137. The van der Waals surface area contributed by atoms with Gasteiger partial charge in [0.15, 0.2) is 5.78 Å². The van der Waals surface area contributed by atoms with E-state index in [2.05, 4.69) is 0 Å². The molecule has 0 aliphatic carbocycles. The molecule has 0 unspecified atom stereocenters. The molecule has 3 rings (SSSR count). The van der Waals surface area contributed by atoms with Crippen molar-refractivity contribution in [3.05, 3.63) is 35.9 Å². The van der Waals surface area contributed by atoms with Crippen LogP contribution < -0.4 is 0 Å². The third-order valence-electron chi connectivity index (χ3n) is 3.53. The van der Waals surface area contributed by atoms with Crippen molar-refractivity contribution in [2.24, 2.45) is 0 Å². The molecule has 2 aliphatic heterocycles. The van der Waals surface area contributed by atoms with Gasteiger partial charge in [0, 0.05) is 5.56 Å². The number of fused-ring (bicyclic) bond motifs is 1. The fraction of sp³-hybridized carbons (Fsp3) is 0.308. The second-order valence-electron chi connectivity index (χ2n) is 4.68. The van der Waals surface area contributed by atoms with Gasteiger partial charge in [0.05, 0.1) is 19.2 Å². The van der Waals surface area contributed by atoms with E-state index in [1.807, 2.05) is 0 Å². The van der Waals surface area contributed by atoms with Crippen molar-refractivity contribution in [1.82, 2.24) is 9.96 Å². The predicted octanol–water partition coefficient (Wildman–Crippen LogP) is 0.374. The molecule has 7 heteroatoms. The fourth-order valence-corrected chi connectivity index (χ4v) is 2.61. The first-order valence-electron chi connectivity index (χ1n) is 6.13. The van der Waals surface area contributed by atoms with Crippen LogP contribution in [0.3, 0.4) is 0 Å². The first kappa shape index (κ1) is 12.6. The summed E-state index contributed by atoms with van der Waals surface area (Å²) in [7, 11) is 0. The molecule has 1 N–H and O–H groups in total. The number of carboxylic acid groups (broad SMARTS) is 1. The molecule has 2 aliphatic rings. The van der Waals surface area contributed by atoms with Crippen LogP contribution in [0.25, 0.3) is 0 Å². The molecule has 0 saturated carbocycles. The molecular formula is C13H12N2O5. The van der Waals surface area contributed by atoms with Gasteiger partial charge in [-0.05, 0) is 12.1 Å². The van der Waals surface area contributed by atoms with Crippen molar-refractivity contribution in [2.75, 3.05) is 13.2 Å². The van der Waals surface area contributed by atoms with Crippen LogP contribution in [0.4, 0.5) is 4.79 Å². The van der Waals surface area contributed by atoms with Crippen LogP contribution >= 0.6 is 0 Å². The molecule has 0 aromatic heterocycles. The van der Waals surface area contributed by atoms with Crippen molar-refractivity contribution in [3.8, 4) is 0 Å². The van der Waals surface area contributed by atoms with E-state index in [9.17, 15) is 14.4 Å². The van der Waals surface area contributed by atoms with E-state index in [-0.39, 0.29) is 24.8 Å². The van der Waals surface area contributed by atoms with Gasteiger partial charge in [0.1, 0.15) is 6.04 Å². The van der Waals surface area contributed by atoms with E-state index >= 15 is 0 Å². The lowest BCUT2D eigenvalue weighted by Crippen LogP contribution is -2.43. The summed E-state index contributed by atoms with van der Waals surface area (Å²) in [6, 6.07) is 7.11. The highest BCUT2D eigenvalue weighted by Gasteiger charge is 2.53. The van der Waals surface area contributed by atoms with E-state index in [0.717, 1.165) is 0 Å². The molecule has 0 bridgehead atoms. The average Bonchev–Trinajstić information content (AvgIpc) is 3.01. The Morgan fingerprint density at radius 1 is 1.25 bits per heavy atom. The highest BCUT2D eigenvalue weighted by atomic mass is 16.7. The van der Waals surface area contributed by atoms with Gasteiger partial charge < -0.3 is 10.0 Å². The topological polar surface area (TPSA) is 87.2 Å². The van der Waals surface area contributed by atoms with Gasteiger partial charge in [-0.15, -0.1) is 0 Å². The standard InChI is InChI=1S/C13H12N2O5/c16-10-6-14(12(17)8-4-2-1-3-5-8)9-7-20-15(11(9)10)13(18)19/h1-5,9,11H,6-7H2,(H,18,19)/t9-,11+/m1/s1. The number of benzene rings is 1. The Morgan fingerprint density at radius 2 is 1.95 bits per heavy atom. The summed E-state index contributed by atoms with van der Waals surface area (Å²) in [4.78, 5) is 41.7. The first-order chi connectivity index (χ1) is 9.59. The molecule has 1 aromatic rings. The van der Waals surface area contributed by atoms with Crippen LogP contribution in [0, 0.1) is 0 Å². The quantitative estimate of drug-likeness (QED) is 0.801. The second kappa shape index (κ2) is 4.61. The van der Waals surface area contributed by atoms with Gasteiger partial charge in [-0.25, -0.2) is 4.79 Å². The molecule has 20 heavy (non-hydrogen) atoms. The van der Waals surface area contributed by atoms with Crippen molar-refractivity contribution in [2.45, 2.75) is 12.1 Å². The third-order valence-corrected chi connectivity index (χ3v) is 3.53. The highest BCUT2D eigenvalue weighted by Crippen LogP contribution is 2.28. The van der Waals surface area contributed by atoms with Crippen LogP contribution in [-0.2, 0) is 9.63 Å². The number of amides is 2. The molecule has 2 atom stereocenters. The van der Waals surface area contributed by atoms with Gasteiger partial charge in [0.25, 0.3) is 5.91 Å². The number of likely N-dealkylation sites (tertiary alicyclic amines) is 1. The SMILES string of the molecule is O=C1CN(C(=O)c2ccccc2)[C@@H]2CON(C(=O)O)[C@H]12. The van der Waals surface area contributed by atoms with Gasteiger partial charge in [-0.2, -0.15) is 5.06 Å². The number of hydrogen-bond acceptors (Lipinski definition) is 4. The Morgan fingerprint density at radius 3 is 2.60 bits per heavy atom. The summed E-state index contributed by atoms with van der Waals surface area (Å²) in [5.74, 6) is -0.610. The zero-order valence-corrected chi connectivity index (χ0v) is 10.4. The summed E-state index contributed by atoms with van der Waals surface area (Å²) >= 11 is 0. The Bertz CT molecular complexity index is 573. The first-order valence-corrected chi connectivity index (χ1v) is 6.13. The van der Waals surface area contributed by atoms with Gasteiger partial charge in [-0.3, -0.25) is 14.4 Å². The molecular weight excluding hydrogens is 264 g/mol. The number of hydrogen-bond donors (Lipinski definition) is 1. The van der Waals surface area contributed by atoms with Crippen molar-refractivity contribution < 1.29 is 24.3 Å². The summed E-state index contributed by atoms with van der Waals surface area (Å²) in [6.07, 6.45) is -1.32. The largest absolute Gasteiger partial charge is 0.463 e. The Kier molecular flexibility index (Phi) is 2.90. The Labute approximate surface area is 114 Å². The van der Waals surface area contributed by atoms with Crippen LogP contribution in [0.15, 0.2) is 30.3 Å². The Balaban J connectivity index is 1.86. The second-order valence-corrected chi connectivity index (χ2v) is 4.68. The van der Waals surface area contributed by atoms with Crippen LogP contribution in [0.5, 0.6) is 0 Å². The molecule has 1 aromatic carbocycles. The van der Waals surface area contributed by atoms with E-state index in [4.69, 9.17) is 9.94 Å². The zero-order chi connectivity index (χ0) is 14.3. The molecule has 0 spiro atoms. The molecule has 7 nitrogen and oxygen atoms in total. The van der Waals surface area contributed by atoms with Crippen LogP contribution in [0.2, 0.25) is 0 Å². The van der Waals surface area contributed by atoms with E-state index in [1.54, 1.807) is 30.3 Å². The predicted molar refractivity (Wildman–Crippen MR) is 65.9 cm³/mol. The molecule has 2 heterocycles. The number of ketones is 1. The van der Waals surface area contributed by atoms with Gasteiger partial charge in [0.2, 0.25) is 0 Å². The van der Waals surface area contributed by atoms with Crippen LogP contribution in [-0.4, -0.2) is 58.1 Å². The van der Waals surface area contributed by atoms with Crippen molar-refractivity contribution >= 4 is 17.8 Å². The summed E-state index contributed by atoms with van der Waals surface area (Å²) in [5, 5.41) is 9.61.